The van der Waals surface area contributed by atoms with Crippen LogP contribution in [-0.4, -0.2) is 31.2 Å². The van der Waals surface area contributed by atoms with Crippen molar-refractivity contribution in [1.82, 2.24) is 4.98 Å². The first kappa shape index (κ1) is 14.1. The maximum atomic E-state index is 5.74. The quantitative estimate of drug-likeness (QED) is 0.722. The van der Waals surface area contributed by atoms with Crippen molar-refractivity contribution in [3.05, 3.63) is 36.4 Å². The van der Waals surface area contributed by atoms with Crippen molar-refractivity contribution < 1.29 is 22.0 Å². The SMILES string of the molecule is [Cl-].c1ccc2nc(OCC[NH+]3CCCC3)ccc2c1. The molecule has 0 saturated carbocycles. The van der Waals surface area contributed by atoms with Crippen molar-refractivity contribution in [2.45, 2.75) is 12.8 Å². The number of benzene rings is 1. The Bertz CT molecular complexity index is 526. The van der Waals surface area contributed by atoms with Gasteiger partial charge in [-0.2, -0.15) is 0 Å². The van der Waals surface area contributed by atoms with Crippen LogP contribution in [0.1, 0.15) is 12.8 Å². The Morgan fingerprint density at radius 3 is 2.68 bits per heavy atom. The van der Waals surface area contributed by atoms with Crippen LogP contribution >= 0.6 is 0 Å². The van der Waals surface area contributed by atoms with Crippen LogP contribution in [0.25, 0.3) is 10.9 Å². The van der Waals surface area contributed by atoms with Gasteiger partial charge in [0.05, 0.1) is 18.6 Å². The van der Waals surface area contributed by atoms with Crippen molar-refractivity contribution >= 4 is 10.9 Å². The lowest BCUT2D eigenvalue weighted by atomic mass is 10.2. The van der Waals surface area contributed by atoms with Gasteiger partial charge in [-0.15, -0.1) is 0 Å². The summed E-state index contributed by atoms with van der Waals surface area (Å²) in [5.74, 6) is 0.743. The Morgan fingerprint density at radius 2 is 1.84 bits per heavy atom. The number of hydrogen-bond donors (Lipinski definition) is 1. The second kappa shape index (κ2) is 6.73. The first-order valence-corrected chi connectivity index (χ1v) is 6.74. The number of nitrogens with zero attached hydrogens (tertiary/aromatic N) is 1. The van der Waals surface area contributed by atoms with E-state index in [0.717, 1.165) is 29.9 Å². The molecule has 3 rings (SSSR count). The number of halogens is 1. The number of quaternary nitrogens is 1. The van der Waals surface area contributed by atoms with E-state index in [1.807, 2.05) is 24.3 Å². The van der Waals surface area contributed by atoms with E-state index < -0.39 is 0 Å². The summed E-state index contributed by atoms with van der Waals surface area (Å²) in [6.45, 7) is 4.46. The minimum atomic E-state index is 0. The number of rotatable bonds is 4. The number of ether oxygens (including phenoxy) is 1. The second-order valence-corrected chi connectivity index (χ2v) is 4.90. The zero-order chi connectivity index (χ0) is 12.2. The zero-order valence-electron chi connectivity index (χ0n) is 10.9. The zero-order valence-corrected chi connectivity index (χ0v) is 11.7. The highest BCUT2D eigenvalue weighted by atomic mass is 35.5. The fourth-order valence-corrected chi connectivity index (χ4v) is 2.55. The molecule has 1 N–H and O–H groups in total. The van der Waals surface area contributed by atoms with E-state index >= 15 is 0 Å². The highest BCUT2D eigenvalue weighted by molar-refractivity contribution is 5.78. The van der Waals surface area contributed by atoms with Gasteiger partial charge in [0.15, 0.2) is 0 Å². The fraction of sp³-hybridized carbons (Fsp3) is 0.400. The van der Waals surface area contributed by atoms with Gasteiger partial charge in [0, 0.05) is 24.3 Å². The highest BCUT2D eigenvalue weighted by Gasteiger charge is 2.14. The van der Waals surface area contributed by atoms with Crippen molar-refractivity contribution in [1.29, 1.82) is 0 Å². The summed E-state index contributed by atoms with van der Waals surface area (Å²) in [7, 11) is 0. The summed E-state index contributed by atoms with van der Waals surface area (Å²) in [6.07, 6.45) is 2.73. The molecule has 2 aromatic rings. The van der Waals surface area contributed by atoms with Crippen LogP contribution < -0.4 is 22.0 Å². The number of para-hydroxylation sites is 1. The summed E-state index contributed by atoms with van der Waals surface area (Å²) in [5, 5.41) is 1.16. The standard InChI is InChI=1S/C15H18N2O.ClH/c1-2-6-14-13(5-1)7-8-15(16-14)18-12-11-17-9-3-4-10-17;/h1-2,5-8H,3-4,9-12H2;1H. The molecule has 0 amide bonds. The summed E-state index contributed by atoms with van der Waals surface area (Å²) >= 11 is 0. The molecule has 0 unspecified atom stereocenters. The molecule has 19 heavy (non-hydrogen) atoms. The molecule has 1 saturated heterocycles. The van der Waals surface area contributed by atoms with E-state index in [-0.39, 0.29) is 12.4 Å². The lowest BCUT2D eigenvalue weighted by Gasteiger charge is -2.12. The van der Waals surface area contributed by atoms with Crippen molar-refractivity contribution in [3.63, 3.8) is 0 Å². The van der Waals surface area contributed by atoms with Gasteiger partial charge < -0.3 is 22.0 Å². The average molecular weight is 279 g/mol. The van der Waals surface area contributed by atoms with Crippen LogP contribution in [-0.2, 0) is 0 Å². The van der Waals surface area contributed by atoms with Crippen molar-refractivity contribution in [2.24, 2.45) is 0 Å². The third-order valence-electron chi connectivity index (χ3n) is 3.59. The lowest BCUT2D eigenvalue weighted by Crippen LogP contribution is -3.10. The van der Waals surface area contributed by atoms with Crippen LogP contribution in [0.3, 0.4) is 0 Å². The first-order chi connectivity index (χ1) is 8.92. The van der Waals surface area contributed by atoms with Gasteiger partial charge in [0.1, 0.15) is 13.2 Å². The molecular weight excluding hydrogens is 260 g/mol. The van der Waals surface area contributed by atoms with Crippen molar-refractivity contribution in [3.8, 4) is 5.88 Å². The van der Waals surface area contributed by atoms with Gasteiger partial charge >= 0.3 is 0 Å². The molecule has 102 valence electrons. The number of nitrogens with one attached hydrogen (secondary N) is 1. The fourth-order valence-electron chi connectivity index (χ4n) is 2.55. The summed E-state index contributed by atoms with van der Waals surface area (Å²) in [4.78, 5) is 6.17. The molecule has 0 bridgehead atoms. The van der Waals surface area contributed by atoms with Crippen LogP contribution in [0, 0.1) is 0 Å². The molecule has 4 heteroatoms. The largest absolute Gasteiger partial charge is 1.00 e. The Morgan fingerprint density at radius 1 is 1.05 bits per heavy atom. The maximum Gasteiger partial charge on any atom is 0.214 e. The number of aromatic nitrogens is 1. The molecule has 1 aromatic carbocycles. The molecule has 1 aliphatic heterocycles. The Kier molecular flexibility index (Phi) is 5.00. The molecule has 0 atom stereocenters. The average Bonchev–Trinajstić information content (AvgIpc) is 2.92. The van der Waals surface area contributed by atoms with Gasteiger partial charge in [0.25, 0.3) is 0 Å². The van der Waals surface area contributed by atoms with Gasteiger partial charge in [-0.1, -0.05) is 18.2 Å². The molecule has 0 spiro atoms. The minimum Gasteiger partial charge on any atom is -1.00 e. The number of hydrogen-bond acceptors (Lipinski definition) is 2. The van der Waals surface area contributed by atoms with E-state index in [4.69, 9.17) is 4.74 Å². The molecule has 0 radical (unpaired) electrons. The third kappa shape index (κ3) is 3.58. The molecule has 1 fully saturated rings. The van der Waals surface area contributed by atoms with Crippen molar-refractivity contribution in [2.75, 3.05) is 26.2 Å². The molecule has 1 aliphatic rings. The normalized spacial score (nSPS) is 15.4. The molecule has 3 nitrogen and oxygen atoms in total. The minimum absolute atomic E-state index is 0. The lowest BCUT2D eigenvalue weighted by molar-refractivity contribution is -0.887. The Balaban J connectivity index is 0.00000133. The first-order valence-electron chi connectivity index (χ1n) is 6.74. The van der Waals surface area contributed by atoms with E-state index in [0.29, 0.717) is 0 Å². The van der Waals surface area contributed by atoms with E-state index in [1.165, 1.54) is 25.9 Å². The molecule has 2 heterocycles. The monoisotopic (exact) mass is 278 g/mol. The molecular formula is C15H19ClN2O. The van der Waals surface area contributed by atoms with Crippen LogP contribution in [0.5, 0.6) is 5.88 Å². The van der Waals surface area contributed by atoms with Gasteiger partial charge in [-0.3, -0.25) is 0 Å². The van der Waals surface area contributed by atoms with E-state index in [2.05, 4.69) is 17.1 Å². The van der Waals surface area contributed by atoms with Gasteiger partial charge in [-0.05, 0) is 12.1 Å². The Hall–Kier alpha value is -1.32. The second-order valence-electron chi connectivity index (χ2n) is 4.90. The predicted octanol–water partition coefficient (Wildman–Crippen LogP) is -1.70. The van der Waals surface area contributed by atoms with E-state index in [1.54, 1.807) is 4.90 Å². The number of likely N-dealkylation sites (tertiary alicyclic amines) is 1. The van der Waals surface area contributed by atoms with E-state index in [9.17, 15) is 0 Å². The number of fused-ring (bicyclic) bond motifs is 1. The maximum absolute atomic E-state index is 5.74. The van der Waals surface area contributed by atoms with Crippen LogP contribution in [0.15, 0.2) is 36.4 Å². The third-order valence-corrected chi connectivity index (χ3v) is 3.59. The molecule has 1 aromatic heterocycles. The topological polar surface area (TPSA) is 26.6 Å². The van der Waals surface area contributed by atoms with Crippen LogP contribution in [0.2, 0.25) is 0 Å². The summed E-state index contributed by atoms with van der Waals surface area (Å²) in [6, 6.07) is 12.2. The molecule has 0 aliphatic carbocycles. The Labute approximate surface area is 120 Å². The number of pyridine rings is 1. The van der Waals surface area contributed by atoms with Gasteiger partial charge in [0.2, 0.25) is 5.88 Å². The predicted molar refractivity (Wildman–Crippen MR) is 72.0 cm³/mol. The van der Waals surface area contributed by atoms with Crippen LogP contribution in [0.4, 0.5) is 0 Å². The smallest absolute Gasteiger partial charge is 0.214 e. The van der Waals surface area contributed by atoms with Gasteiger partial charge in [-0.25, -0.2) is 4.98 Å². The summed E-state index contributed by atoms with van der Waals surface area (Å²) in [5.41, 5.74) is 1.00. The summed E-state index contributed by atoms with van der Waals surface area (Å²) < 4.78 is 5.74. The highest BCUT2D eigenvalue weighted by Crippen LogP contribution is 2.15.